The molecule has 7 heteroatoms. The number of nitrogens with zero attached hydrogens (tertiary/aromatic N) is 1. The Morgan fingerprint density at radius 1 is 1.10 bits per heavy atom. The fourth-order valence-electron chi connectivity index (χ4n) is 1.45. The minimum Gasteiger partial charge on any atom is -0.492 e. The molecule has 0 aliphatic heterocycles. The molecule has 0 amide bonds. The molecule has 1 heterocycles. The van der Waals surface area contributed by atoms with Crippen LogP contribution in [0.3, 0.4) is 0 Å². The van der Waals surface area contributed by atoms with Gasteiger partial charge in [-0.25, -0.2) is 12.8 Å². The number of benzene rings is 1. The normalized spacial score (nSPS) is 11.1. The van der Waals surface area contributed by atoms with Gasteiger partial charge in [-0.15, -0.1) is 0 Å². The number of pyridine rings is 1. The van der Waals surface area contributed by atoms with Gasteiger partial charge in [0.2, 0.25) is 10.0 Å². The molecule has 5 nitrogen and oxygen atoms in total. The predicted octanol–water partition coefficient (Wildman–Crippen LogP) is 2.04. The van der Waals surface area contributed by atoms with Crippen molar-refractivity contribution in [2.24, 2.45) is 0 Å². The fourth-order valence-corrected chi connectivity index (χ4v) is 2.35. The van der Waals surface area contributed by atoms with Gasteiger partial charge < -0.3 is 4.74 Å². The predicted molar refractivity (Wildman–Crippen MR) is 73.5 cm³/mol. The standard InChI is InChI=1S/C13H13FN2O3S/c14-11-1-3-13(4-2-11)19-9-10-20(17,18)16-12-5-7-15-8-6-12/h1-8H,9-10H2,(H,15,16). The maximum absolute atomic E-state index is 12.7. The van der Waals surface area contributed by atoms with Crippen LogP contribution in [0.15, 0.2) is 48.8 Å². The summed E-state index contributed by atoms with van der Waals surface area (Å²) in [6.45, 7) is -0.0218. The molecule has 1 aromatic heterocycles. The van der Waals surface area contributed by atoms with Crippen LogP contribution in [-0.2, 0) is 10.0 Å². The molecule has 20 heavy (non-hydrogen) atoms. The first-order valence-corrected chi connectivity index (χ1v) is 7.49. The van der Waals surface area contributed by atoms with Crippen molar-refractivity contribution in [2.45, 2.75) is 0 Å². The monoisotopic (exact) mass is 296 g/mol. The molecular weight excluding hydrogens is 283 g/mol. The molecule has 2 rings (SSSR count). The first-order valence-electron chi connectivity index (χ1n) is 5.84. The molecule has 0 saturated carbocycles. The number of sulfonamides is 1. The summed E-state index contributed by atoms with van der Waals surface area (Å²) >= 11 is 0. The number of halogens is 1. The quantitative estimate of drug-likeness (QED) is 0.885. The van der Waals surface area contributed by atoms with Gasteiger partial charge in [0.1, 0.15) is 23.9 Å². The Labute approximate surface area is 116 Å². The van der Waals surface area contributed by atoms with Crippen molar-refractivity contribution in [3.63, 3.8) is 0 Å². The molecule has 0 aliphatic carbocycles. The van der Waals surface area contributed by atoms with E-state index in [2.05, 4.69) is 9.71 Å². The summed E-state index contributed by atoms with van der Waals surface area (Å²) in [5, 5.41) is 0. The van der Waals surface area contributed by atoms with Gasteiger partial charge in [0, 0.05) is 12.4 Å². The van der Waals surface area contributed by atoms with E-state index in [-0.39, 0.29) is 18.2 Å². The van der Waals surface area contributed by atoms with E-state index in [1.807, 2.05) is 0 Å². The number of hydrogen-bond acceptors (Lipinski definition) is 4. The lowest BCUT2D eigenvalue weighted by Crippen LogP contribution is -2.21. The number of ether oxygens (including phenoxy) is 1. The Morgan fingerprint density at radius 2 is 1.75 bits per heavy atom. The highest BCUT2D eigenvalue weighted by atomic mass is 32.2. The van der Waals surface area contributed by atoms with Gasteiger partial charge >= 0.3 is 0 Å². The van der Waals surface area contributed by atoms with E-state index in [1.54, 1.807) is 12.1 Å². The largest absolute Gasteiger partial charge is 0.492 e. The van der Waals surface area contributed by atoms with Gasteiger partial charge in [0.25, 0.3) is 0 Å². The van der Waals surface area contributed by atoms with E-state index in [0.717, 1.165) is 0 Å². The summed E-state index contributed by atoms with van der Waals surface area (Å²) in [7, 11) is -3.49. The molecule has 1 N–H and O–H groups in total. The van der Waals surface area contributed by atoms with Crippen molar-refractivity contribution in [1.82, 2.24) is 4.98 Å². The van der Waals surface area contributed by atoms with Crippen LogP contribution in [0, 0.1) is 5.82 Å². The van der Waals surface area contributed by atoms with Crippen molar-refractivity contribution >= 4 is 15.7 Å². The number of nitrogens with one attached hydrogen (secondary N) is 1. The van der Waals surface area contributed by atoms with Crippen molar-refractivity contribution in [3.05, 3.63) is 54.6 Å². The molecule has 0 saturated heterocycles. The Morgan fingerprint density at radius 3 is 2.40 bits per heavy atom. The summed E-state index contributed by atoms with van der Waals surface area (Å²) in [6, 6.07) is 8.49. The maximum Gasteiger partial charge on any atom is 0.236 e. The maximum atomic E-state index is 12.7. The highest BCUT2D eigenvalue weighted by Gasteiger charge is 2.10. The fraction of sp³-hybridized carbons (Fsp3) is 0.154. The van der Waals surface area contributed by atoms with Crippen LogP contribution >= 0.6 is 0 Å². The second-order valence-corrected chi connectivity index (χ2v) is 5.80. The average Bonchev–Trinajstić information content (AvgIpc) is 2.41. The van der Waals surface area contributed by atoms with E-state index in [4.69, 9.17) is 4.74 Å². The Kier molecular flexibility index (Phi) is 4.52. The molecule has 0 radical (unpaired) electrons. The van der Waals surface area contributed by atoms with E-state index in [1.165, 1.54) is 36.7 Å². The zero-order chi connectivity index (χ0) is 14.4. The van der Waals surface area contributed by atoms with Crippen LogP contribution in [0.25, 0.3) is 0 Å². The van der Waals surface area contributed by atoms with Crippen LogP contribution < -0.4 is 9.46 Å². The van der Waals surface area contributed by atoms with Crippen molar-refractivity contribution in [1.29, 1.82) is 0 Å². The van der Waals surface area contributed by atoms with Gasteiger partial charge in [-0.2, -0.15) is 0 Å². The Balaban J connectivity index is 1.85. The number of hydrogen-bond donors (Lipinski definition) is 1. The van der Waals surface area contributed by atoms with Gasteiger partial charge in [-0.05, 0) is 36.4 Å². The van der Waals surface area contributed by atoms with Crippen LogP contribution in [-0.4, -0.2) is 25.8 Å². The van der Waals surface area contributed by atoms with Crippen molar-refractivity contribution < 1.29 is 17.5 Å². The highest BCUT2D eigenvalue weighted by Crippen LogP contribution is 2.11. The molecule has 0 atom stereocenters. The molecule has 0 unspecified atom stereocenters. The molecule has 0 spiro atoms. The van der Waals surface area contributed by atoms with Crippen molar-refractivity contribution in [3.8, 4) is 5.75 Å². The molecule has 0 bridgehead atoms. The number of rotatable bonds is 6. The smallest absolute Gasteiger partial charge is 0.236 e. The lowest BCUT2D eigenvalue weighted by atomic mass is 10.3. The lowest BCUT2D eigenvalue weighted by molar-refractivity contribution is 0.340. The van der Waals surface area contributed by atoms with Gasteiger partial charge in [-0.3, -0.25) is 9.71 Å². The highest BCUT2D eigenvalue weighted by molar-refractivity contribution is 7.92. The third-order valence-corrected chi connectivity index (χ3v) is 3.64. The first-order chi connectivity index (χ1) is 9.55. The van der Waals surface area contributed by atoms with Crippen molar-refractivity contribution in [2.75, 3.05) is 17.1 Å². The second-order valence-electron chi connectivity index (χ2n) is 3.96. The average molecular weight is 296 g/mol. The molecular formula is C13H13FN2O3S. The number of aromatic nitrogens is 1. The summed E-state index contributed by atoms with van der Waals surface area (Å²) < 4.78 is 43.9. The third kappa shape index (κ3) is 4.51. The Hall–Kier alpha value is -2.15. The Bertz CT molecular complexity index is 645. The van der Waals surface area contributed by atoms with Gasteiger partial charge in [0.15, 0.2) is 0 Å². The van der Waals surface area contributed by atoms with Gasteiger partial charge in [-0.1, -0.05) is 0 Å². The molecule has 0 fully saturated rings. The van der Waals surface area contributed by atoms with Crippen LogP contribution in [0.4, 0.5) is 10.1 Å². The SMILES string of the molecule is O=S(=O)(CCOc1ccc(F)cc1)Nc1ccncc1. The third-order valence-electron chi connectivity index (χ3n) is 2.39. The molecule has 1 aromatic carbocycles. The topological polar surface area (TPSA) is 68.3 Å². The number of anilines is 1. The minimum absolute atomic E-state index is 0.0218. The molecule has 2 aromatic rings. The zero-order valence-corrected chi connectivity index (χ0v) is 11.3. The summed E-state index contributed by atoms with van der Waals surface area (Å²) in [6.07, 6.45) is 2.99. The van der Waals surface area contributed by atoms with E-state index in [9.17, 15) is 12.8 Å². The first kappa shape index (κ1) is 14.3. The minimum atomic E-state index is -3.49. The zero-order valence-electron chi connectivity index (χ0n) is 10.5. The second kappa shape index (κ2) is 6.33. The van der Waals surface area contributed by atoms with E-state index in [0.29, 0.717) is 11.4 Å². The molecule has 0 aliphatic rings. The van der Waals surface area contributed by atoms with E-state index < -0.39 is 10.0 Å². The van der Waals surface area contributed by atoms with E-state index >= 15 is 0 Å². The summed E-state index contributed by atoms with van der Waals surface area (Å²) in [5.41, 5.74) is 0.446. The summed E-state index contributed by atoms with van der Waals surface area (Å²) in [5.74, 6) is -0.151. The van der Waals surface area contributed by atoms with Crippen LogP contribution in [0.1, 0.15) is 0 Å². The van der Waals surface area contributed by atoms with Crippen LogP contribution in [0.2, 0.25) is 0 Å². The molecule has 106 valence electrons. The summed E-state index contributed by atoms with van der Waals surface area (Å²) in [4.78, 5) is 3.79. The lowest BCUT2D eigenvalue weighted by Gasteiger charge is -2.09. The van der Waals surface area contributed by atoms with Gasteiger partial charge in [0.05, 0.1) is 5.69 Å². The van der Waals surface area contributed by atoms with Crippen LogP contribution in [0.5, 0.6) is 5.75 Å².